The van der Waals surface area contributed by atoms with E-state index < -0.39 is 0 Å². The molecule has 1 N–H and O–H groups in total. The van der Waals surface area contributed by atoms with Crippen molar-refractivity contribution >= 4 is 45.9 Å². The van der Waals surface area contributed by atoms with Gasteiger partial charge in [-0.2, -0.15) is 5.10 Å². The van der Waals surface area contributed by atoms with Crippen LogP contribution in [0, 0.1) is 0 Å². The van der Waals surface area contributed by atoms with E-state index in [0.29, 0.717) is 13.1 Å². The van der Waals surface area contributed by atoms with Crippen molar-refractivity contribution in [1.82, 2.24) is 29.5 Å². The first kappa shape index (κ1) is 23.4. The Kier molecular flexibility index (Phi) is 9.15. The molecule has 3 aromatic rings. The molecule has 9 heteroatoms. The number of aryl methyl sites for hydroxylation is 1. The predicted octanol–water partition coefficient (Wildman–Crippen LogP) is 3.64. The first-order valence-electron chi connectivity index (χ1n) is 9.25. The van der Waals surface area contributed by atoms with Gasteiger partial charge in [0.1, 0.15) is 12.7 Å². The van der Waals surface area contributed by atoms with Crippen molar-refractivity contribution in [1.29, 1.82) is 0 Å². The van der Waals surface area contributed by atoms with Gasteiger partial charge < -0.3 is 14.8 Å². The lowest BCUT2D eigenvalue weighted by Gasteiger charge is -2.22. The summed E-state index contributed by atoms with van der Waals surface area (Å²) in [6, 6.07) is 10.6. The first-order valence-corrected chi connectivity index (χ1v) is 10.0. The third kappa shape index (κ3) is 6.84. The number of rotatable bonds is 7. The van der Waals surface area contributed by atoms with Crippen LogP contribution in [-0.4, -0.2) is 43.8 Å². The zero-order valence-electron chi connectivity index (χ0n) is 16.9. The van der Waals surface area contributed by atoms with Crippen LogP contribution >= 0.6 is 39.9 Å². The number of guanidine groups is 1. The van der Waals surface area contributed by atoms with Gasteiger partial charge in [-0.1, -0.05) is 24.3 Å². The molecule has 0 fully saturated rings. The van der Waals surface area contributed by atoms with Gasteiger partial charge in [0.05, 0.1) is 19.6 Å². The molecule has 0 spiro atoms. The first-order chi connectivity index (χ1) is 13.5. The van der Waals surface area contributed by atoms with E-state index in [0.717, 1.165) is 23.5 Å². The molecule has 0 aliphatic carbocycles. The van der Waals surface area contributed by atoms with Crippen LogP contribution in [0.4, 0.5) is 0 Å². The quantitative estimate of drug-likeness (QED) is 0.267. The van der Waals surface area contributed by atoms with Crippen LogP contribution in [0.15, 0.2) is 58.6 Å². The molecule has 0 amide bonds. The van der Waals surface area contributed by atoms with Crippen LogP contribution in [0.3, 0.4) is 0 Å². The Balaban J connectivity index is 0.00000300. The maximum atomic E-state index is 4.83. The summed E-state index contributed by atoms with van der Waals surface area (Å²) < 4.78 is 5.03. The van der Waals surface area contributed by atoms with Gasteiger partial charge in [0.25, 0.3) is 0 Å². The van der Waals surface area contributed by atoms with Crippen molar-refractivity contribution in [2.24, 2.45) is 12.0 Å². The molecular weight excluding hydrogens is 545 g/mol. The number of aromatic nitrogens is 4. The Morgan fingerprint density at radius 1 is 1.28 bits per heavy atom. The lowest BCUT2D eigenvalue weighted by molar-refractivity contribution is 0.462. The van der Waals surface area contributed by atoms with E-state index in [2.05, 4.69) is 98.3 Å². The predicted molar refractivity (Wildman–Crippen MR) is 130 cm³/mol. The zero-order valence-corrected chi connectivity index (χ0v) is 20.8. The summed E-state index contributed by atoms with van der Waals surface area (Å²) in [5, 5.41) is 7.55. The molecule has 0 atom stereocenters. The molecule has 156 valence electrons. The number of aliphatic imine (C=N–C) groups is 1. The highest BCUT2D eigenvalue weighted by Gasteiger charge is 2.10. The molecule has 0 radical (unpaired) electrons. The summed E-state index contributed by atoms with van der Waals surface area (Å²) in [6.45, 7) is 5.02. The van der Waals surface area contributed by atoms with Gasteiger partial charge in [-0.3, -0.25) is 0 Å². The topological polar surface area (TPSA) is 63.3 Å². The minimum absolute atomic E-state index is 0. The van der Waals surface area contributed by atoms with Crippen LogP contribution < -0.4 is 5.32 Å². The van der Waals surface area contributed by atoms with Crippen molar-refractivity contribution in [2.75, 3.05) is 13.6 Å². The van der Waals surface area contributed by atoms with Crippen LogP contribution in [0.1, 0.15) is 23.7 Å². The average Bonchev–Trinajstić information content (AvgIpc) is 3.28. The highest BCUT2D eigenvalue weighted by Crippen LogP contribution is 2.15. The zero-order chi connectivity index (χ0) is 19.9. The van der Waals surface area contributed by atoms with E-state index in [4.69, 9.17) is 4.99 Å². The molecule has 29 heavy (non-hydrogen) atoms. The van der Waals surface area contributed by atoms with Gasteiger partial charge in [0, 0.05) is 37.0 Å². The molecule has 0 aliphatic rings. The number of halogens is 2. The Hall–Kier alpha value is -1.88. The normalized spacial score (nSPS) is 11.2. The van der Waals surface area contributed by atoms with Crippen molar-refractivity contribution < 1.29 is 0 Å². The van der Waals surface area contributed by atoms with E-state index in [1.165, 1.54) is 16.8 Å². The maximum absolute atomic E-state index is 4.83. The molecule has 1 aromatic carbocycles. The number of nitrogens with one attached hydrogen (secondary N) is 1. The van der Waals surface area contributed by atoms with E-state index in [-0.39, 0.29) is 24.0 Å². The molecule has 7 nitrogen and oxygen atoms in total. The molecule has 0 unspecified atom stereocenters. The Morgan fingerprint density at radius 2 is 2.07 bits per heavy atom. The molecule has 2 aromatic heterocycles. The van der Waals surface area contributed by atoms with Gasteiger partial charge in [0.2, 0.25) is 0 Å². The highest BCUT2D eigenvalue weighted by molar-refractivity contribution is 14.0. The second-order valence-electron chi connectivity index (χ2n) is 6.70. The third-order valence-corrected chi connectivity index (χ3v) is 4.82. The van der Waals surface area contributed by atoms with Gasteiger partial charge >= 0.3 is 0 Å². The van der Waals surface area contributed by atoms with E-state index in [9.17, 15) is 0 Å². The molecule has 2 heterocycles. The maximum Gasteiger partial charge on any atom is 0.194 e. The van der Waals surface area contributed by atoms with Gasteiger partial charge in [-0.15, -0.1) is 24.0 Å². The lowest BCUT2D eigenvalue weighted by atomic mass is 10.1. The van der Waals surface area contributed by atoms with Gasteiger partial charge in [-0.25, -0.2) is 14.7 Å². The van der Waals surface area contributed by atoms with Crippen molar-refractivity contribution in [3.8, 4) is 0 Å². The molecule has 0 saturated heterocycles. The Labute approximate surface area is 197 Å². The van der Waals surface area contributed by atoms with Crippen molar-refractivity contribution in [3.63, 3.8) is 0 Å². The largest absolute Gasteiger partial charge is 0.357 e. The van der Waals surface area contributed by atoms with E-state index in [1.807, 2.05) is 4.68 Å². The molecule has 0 aliphatic heterocycles. The van der Waals surface area contributed by atoms with Crippen LogP contribution in [0.2, 0.25) is 0 Å². The SMILES string of the molecule is CCNC(=NCc1cccc(Cn2cncn2)c1)N(C)Cc1cc(Br)cn1C.I. The number of benzene rings is 1. The van der Waals surface area contributed by atoms with E-state index in [1.54, 1.807) is 12.7 Å². The number of nitrogens with zero attached hydrogens (tertiary/aromatic N) is 6. The second-order valence-corrected chi connectivity index (χ2v) is 7.62. The van der Waals surface area contributed by atoms with Crippen molar-refractivity contribution in [3.05, 3.63) is 70.5 Å². The summed E-state index contributed by atoms with van der Waals surface area (Å²) in [5.41, 5.74) is 3.57. The van der Waals surface area contributed by atoms with Gasteiger partial charge in [0.15, 0.2) is 5.96 Å². The fraction of sp³-hybridized carbons (Fsp3) is 0.350. The van der Waals surface area contributed by atoms with Crippen LogP contribution in [0.5, 0.6) is 0 Å². The van der Waals surface area contributed by atoms with Gasteiger partial charge in [-0.05, 0) is 40.0 Å². The summed E-state index contributed by atoms with van der Waals surface area (Å²) >= 11 is 3.53. The monoisotopic (exact) mass is 571 g/mol. The average molecular weight is 572 g/mol. The van der Waals surface area contributed by atoms with Crippen LogP contribution in [-0.2, 0) is 26.7 Å². The molecule has 0 bridgehead atoms. The standard InChI is InChI=1S/C20H26BrN7.HI/c1-4-23-20(27(3)13-19-9-18(21)12-26(19)2)24-10-16-6-5-7-17(8-16)11-28-15-22-14-25-28;/h5-9,12,14-15H,4,10-11,13H2,1-3H3,(H,23,24);1H. The smallest absolute Gasteiger partial charge is 0.194 e. The summed E-state index contributed by atoms with van der Waals surface area (Å²) in [7, 11) is 4.11. The summed E-state index contributed by atoms with van der Waals surface area (Å²) in [5.74, 6) is 0.890. The summed E-state index contributed by atoms with van der Waals surface area (Å²) in [4.78, 5) is 11.0. The Morgan fingerprint density at radius 3 is 2.72 bits per heavy atom. The molecule has 3 rings (SSSR count). The molecule has 0 saturated carbocycles. The minimum atomic E-state index is 0. The summed E-state index contributed by atoms with van der Waals surface area (Å²) in [6.07, 6.45) is 5.34. The second kappa shape index (κ2) is 11.3. The molecular formula is C20H27BrIN7. The fourth-order valence-electron chi connectivity index (χ4n) is 3.00. The number of hydrogen-bond donors (Lipinski definition) is 1. The fourth-order valence-corrected chi connectivity index (χ4v) is 3.58. The third-order valence-electron chi connectivity index (χ3n) is 4.38. The van der Waals surface area contributed by atoms with Crippen molar-refractivity contribution in [2.45, 2.75) is 26.6 Å². The number of hydrogen-bond acceptors (Lipinski definition) is 3. The Bertz CT molecular complexity index is 921. The lowest BCUT2D eigenvalue weighted by Crippen LogP contribution is -2.38. The van der Waals surface area contributed by atoms with E-state index >= 15 is 0 Å². The minimum Gasteiger partial charge on any atom is -0.357 e. The van der Waals surface area contributed by atoms with Crippen LogP contribution in [0.25, 0.3) is 0 Å². The highest BCUT2D eigenvalue weighted by atomic mass is 127.